The lowest BCUT2D eigenvalue weighted by atomic mass is 9.50. The van der Waals surface area contributed by atoms with E-state index in [1.165, 1.54) is 61.6 Å². The molecule has 162 valence electrons. The smallest absolute Gasteiger partial charge is 0.0596 e. The number of fused-ring (bicyclic) bond motifs is 5. The zero-order valence-electron chi connectivity index (χ0n) is 18.7. The fourth-order valence-corrected chi connectivity index (χ4v) is 8.18. The largest absolute Gasteiger partial charge is 0.393 e. The van der Waals surface area contributed by atoms with Crippen LogP contribution in [0.15, 0.2) is 60.4 Å². The normalized spacial score (nSPS) is 39.2. The van der Waals surface area contributed by atoms with Gasteiger partial charge in [-0.1, -0.05) is 48.9 Å². The van der Waals surface area contributed by atoms with Crippen LogP contribution in [0, 0.1) is 29.1 Å². The molecule has 1 unspecified atom stereocenters. The van der Waals surface area contributed by atoms with Gasteiger partial charge in [-0.3, -0.25) is 4.98 Å². The van der Waals surface area contributed by atoms with Gasteiger partial charge < -0.3 is 5.11 Å². The van der Waals surface area contributed by atoms with Crippen molar-refractivity contribution >= 4 is 0 Å². The summed E-state index contributed by atoms with van der Waals surface area (Å²) < 4.78 is 0. The zero-order valence-corrected chi connectivity index (χ0v) is 18.7. The third kappa shape index (κ3) is 3.13. The van der Waals surface area contributed by atoms with Crippen LogP contribution >= 0.6 is 0 Å². The number of aliphatic hydroxyl groups excluding tert-OH is 1. The summed E-state index contributed by atoms with van der Waals surface area (Å²) >= 11 is 0. The highest BCUT2D eigenvalue weighted by Crippen LogP contribution is 2.63. The number of allylic oxidation sites excluding steroid dienone is 2. The van der Waals surface area contributed by atoms with E-state index in [-0.39, 0.29) is 11.5 Å². The molecule has 4 aliphatic carbocycles. The van der Waals surface area contributed by atoms with Crippen LogP contribution in [0.4, 0.5) is 0 Å². The minimum atomic E-state index is -0.0717. The van der Waals surface area contributed by atoms with E-state index in [2.05, 4.69) is 48.3 Å². The molecular formula is C29H35NO. The van der Waals surface area contributed by atoms with Gasteiger partial charge in [-0.25, -0.2) is 0 Å². The predicted octanol–water partition coefficient (Wildman–Crippen LogP) is 6.77. The Morgan fingerprint density at radius 1 is 0.935 bits per heavy atom. The van der Waals surface area contributed by atoms with Crippen molar-refractivity contribution in [3.63, 3.8) is 0 Å². The van der Waals surface area contributed by atoms with Gasteiger partial charge >= 0.3 is 0 Å². The Labute approximate surface area is 186 Å². The summed E-state index contributed by atoms with van der Waals surface area (Å²) in [6.45, 7) is 2.40. The Kier molecular flexibility index (Phi) is 4.83. The minimum Gasteiger partial charge on any atom is -0.393 e. The average Bonchev–Trinajstić information content (AvgIpc) is 3.13. The maximum absolute atomic E-state index is 10.7. The third-order valence-electron chi connectivity index (χ3n) is 9.75. The molecular weight excluding hydrogens is 378 g/mol. The summed E-state index contributed by atoms with van der Waals surface area (Å²) in [7, 11) is 0. The molecule has 0 saturated heterocycles. The molecule has 7 atom stereocenters. The Hall–Kier alpha value is -1.93. The van der Waals surface area contributed by atoms with E-state index in [0.717, 1.165) is 30.1 Å². The van der Waals surface area contributed by atoms with Crippen LogP contribution in [0.1, 0.15) is 69.8 Å². The fourth-order valence-electron chi connectivity index (χ4n) is 8.18. The molecule has 1 aromatic heterocycles. The van der Waals surface area contributed by atoms with Crippen LogP contribution in [-0.4, -0.2) is 16.2 Å². The molecule has 3 fully saturated rings. The van der Waals surface area contributed by atoms with Crippen LogP contribution in [0.5, 0.6) is 0 Å². The Balaban J connectivity index is 1.30. The average molecular weight is 414 g/mol. The van der Waals surface area contributed by atoms with Gasteiger partial charge in [0.2, 0.25) is 0 Å². The van der Waals surface area contributed by atoms with E-state index in [1.807, 2.05) is 18.5 Å². The molecule has 0 bridgehead atoms. The molecule has 0 spiro atoms. The molecule has 31 heavy (non-hydrogen) atoms. The molecule has 2 nitrogen and oxygen atoms in total. The maximum atomic E-state index is 10.7. The lowest BCUT2D eigenvalue weighted by Gasteiger charge is -2.55. The van der Waals surface area contributed by atoms with Gasteiger partial charge in [-0.05, 0) is 109 Å². The molecule has 1 N–H and O–H groups in total. The molecule has 6 rings (SSSR count). The lowest BCUT2D eigenvalue weighted by Crippen LogP contribution is -2.48. The fraction of sp³-hybridized carbons (Fsp3) is 0.552. The summed E-state index contributed by atoms with van der Waals surface area (Å²) in [5.41, 5.74) is 5.93. The number of rotatable bonds is 2. The molecule has 0 aliphatic heterocycles. The highest BCUT2D eigenvalue weighted by molar-refractivity contribution is 5.62. The summed E-state index contributed by atoms with van der Waals surface area (Å²) in [6, 6.07) is 13.5. The zero-order chi connectivity index (χ0) is 21.0. The second kappa shape index (κ2) is 7.59. The van der Waals surface area contributed by atoms with Crippen LogP contribution in [0.2, 0.25) is 0 Å². The lowest BCUT2D eigenvalue weighted by molar-refractivity contribution is -0.0557. The van der Waals surface area contributed by atoms with Crippen molar-refractivity contribution in [1.82, 2.24) is 4.98 Å². The molecule has 0 amide bonds. The molecule has 2 heteroatoms. The van der Waals surface area contributed by atoms with Crippen molar-refractivity contribution in [3.8, 4) is 11.1 Å². The third-order valence-corrected chi connectivity index (χ3v) is 9.75. The van der Waals surface area contributed by atoms with Crippen LogP contribution in [0.3, 0.4) is 0 Å². The van der Waals surface area contributed by atoms with Gasteiger partial charge in [0.25, 0.3) is 0 Å². The first-order valence-electron chi connectivity index (χ1n) is 12.5. The summed E-state index contributed by atoms with van der Waals surface area (Å²) in [6.07, 6.45) is 16.3. The standard InChI is InChI=1S/C29H35NO/c1-29-16-15-25-24(26(29)13-14-27(29)31)12-11-21-4-2-6-23(28(21)25)20-9-7-19(8-10-20)22-5-3-17-30-18-22/h3-5,7-10,17-18,23-28,31H,2,6,11-16H2,1H3/t23?,24-,25+,26+,27+,28-,29+/m1/s1. The van der Waals surface area contributed by atoms with Gasteiger partial charge in [0.1, 0.15) is 0 Å². The van der Waals surface area contributed by atoms with E-state index in [0.29, 0.717) is 5.92 Å². The van der Waals surface area contributed by atoms with Crippen molar-refractivity contribution < 1.29 is 5.11 Å². The van der Waals surface area contributed by atoms with Crippen molar-refractivity contribution in [1.29, 1.82) is 0 Å². The van der Waals surface area contributed by atoms with Crippen LogP contribution in [-0.2, 0) is 0 Å². The number of nitrogens with zero attached hydrogens (tertiary/aromatic N) is 1. The van der Waals surface area contributed by atoms with E-state index in [4.69, 9.17) is 0 Å². The van der Waals surface area contributed by atoms with Crippen LogP contribution in [0.25, 0.3) is 11.1 Å². The SMILES string of the molecule is C[C@]12CC[C@H]3[C@@H](CCC4=CCCC(c5ccc(-c6cccnc6)cc5)[C@@H]43)[C@@H]1CC[C@@H]2O. The quantitative estimate of drug-likeness (QED) is 0.551. The monoisotopic (exact) mass is 413 g/mol. The summed E-state index contributed by atoms with van der Waals surface area (Å²) in [5, 5.41) is 10.7. The highest BCUT2D eigenvalue weighted by atomic mass is 16.3. The first-order chi connectivity index (χ1) is 15.1. The van der Waals surface area contributed by atoms with E-state index in [1.54, 1.807) is 5.57 Å². The van der Waals surface area contributed by atoms with Crippen molar-refractivity contribution in [2.75, 3.05) is 0 Å². The summed E-state index contributed by atoms with van der Waals surface area (Å²) in [5.74, 6) is 3.74. The minimum absolute atomic E-state index is 0.0717. The van der Waals surface area contributed by atoms with Gasteiger partial charge in [0, 0.05) is 12.4 Å². The van der Waals surface area contributed by atoms with E-state index < -0.39 is 0 Å². The van der Waals surface area contributed by atoms with Crippen molar-refractivity contribution in [2.24, 2.45) is 29.1 Å². The molecule has 3 saturated carbocycles. The number of pyridine rings is 1. The molecule has 2 aromatic rings. The predicted molar refractivity (Wildman–Crippen MR) is 126 cm³/mol. The van der Waals surface area contributed by atoms with Crippen LogP contribution < -0.4 is 0 Å². The number of benzene rings is 1. The number of hydrogen-bond donors (Lipinski definition) is 1. The van der Waals surface area contributed by atoms with Gasteiger partial charge in [0.15, 0.2) is 0 Å². The maximum Gasteiger partial charge on any atom is 0.0596 e. The Bertz CT molecular complexity index is 964. The topological polar surface area (TPSA) is 33.1 Å². The second-order valence-electron chi connectivity index (χ2n) is 11.0. The second-order valence-corrected chi connectivity index (χ2v) is 11.0. The number of hydrogen-bond acceptors (Lipinski definition) is 2. The molecule has 4 aliphatic rings. The summed E-state index contributed by atoms with van der Waals surface area (Å²) in [4.78, 5) is 4.28. The van der Waals surface area contributed by atoms with Gasteiger partial charge in [-0.15, -0.1) is 0 Å². The van der Waals surface area contributed by atoms with Gasteiger partial charge in [0.05, 0.1) is 6.10 Å². The van der Waals surface area contributed by atoms with Gasteiger partial charge in [-0.2, -0.15) is 0 Å². The van der Waals surface area contributed by atoms with E-state index >= 15 is 0 Å². The van der Waals surface area contributed by atoms with Crippen molar-refractivity contribution in [2.45, 2.75) is 70.3 Å². The Morgan fingerprint density at radius 3 is 2.61 bits per heavy atom. The molecule has 1 heterocycles. The Morgan fingerprint density at radius 2 is 1.81 bits per heavy atom. The highest BCUT2D eigenvalue weighted by Gasteiger charge is 2.56. The first kappa shape index (κ1) is 19.7. The number of aliphatic hydroxyl groups is 1. The van der Waals surface area contributed by atoms with Crippen molar-refractivity contribution in [3.05, 3.63) is 66.0 Å². The number of aromatic nitrogens is 1. The molecule has 1 aromatic carbocycles. The first-order valence-corrected chi connectivity index (χ1v) is 12.5. The molecule has 0 radical (unpaired) electrons. The van der Waals surface area contributed by atoms with E-state index in [9.17, 15) is 5.11 Å².